The molecule has 0 radical (unpaired) electrons. The van der Waals surface area contributed by atoms with E-state index in [-0.39, 0.29) is 22.0 Å². The summed E-state index contributed by atoms with van der Waals surface area (Å²) >= 11 is 5.75. The van der Waals surface area contributed by atoms with Crippen LogP contribution < -0.4 is 11.1 Å². The molecule has 3 N–H and O–H groups in total. The van der Waals surface area contributed by atoms with Crippen LogP contribution in [0.4, 0.5) is 5.82 Å². The fourth-order valence-electron chi connectivity index (χ4n) is 1.03. The molecule has 7 heteroatoms. The Morgan fingerprint density at radius 1 is 1.71 bits per heavy atom. The first-order valence-electron chi connectivity index (χ1n) is 4.93. The number of aromatic nitrogens is 1. The van der Waals surface area contributed by atoms with Crippen molar-refractivity contribution in [3.05, 3.63) is 22.8 Å². The first kappa shape index (κ1) is 13.9. The monoisotopic (exact) mass is 275 g/mol. The van der Waals surface area contributed by atoms with Crippen molar-refractivity contribution in [3.8, 4) is 0 Å². The van der Waals surface area contributed by atoms with E-state index in [4.69, 9.17) is 17.3 Å². The predicted molar refractivity (Wildman–Crippen MR) is 69.5 cm³/mol. The van der Waals surface area contributed by atoms with Crippen molar-refractivity contribution in [1.82, 2.24) is 10.3 Å². The second kappa shape index (κ2) is 5.97. The number of nitrogens with two attached hydrogens (primary N) is 1. The van der Waals surface area contributed by atoms with Gasteiger partial charge in [0.05, 0.1) is 10.6 Å². The molecule has 1 aromatic rings. The van der Waals surface area contributed by atoms with Crippen LogP contribution in [0.2, 0.25) is 5.02 Å². The molecular formula is C10H14ClN3O2S. The highest BCUT2D eigenvalue weighted by Gasteiger charge is 2.11. The van der Waals surface area contributed by atoms with Crippen molar-refractivity contribution in [2.24, 2.45) is 0 Å². The fourth-order valence-corrected chi connectivity index (χ4v) is 1.51. The molecule has 0 bridgehead atoms. The molecule has 1 heterocycles. The van der Waals surface area contributed by atoms with E-state index in [0.29, 0.717) is 12.1 Å². The Hall–Kier alpha value is -1.14. The van der Waals surface area contributed by atoms with E-state index in [9.17, 15) is 9.00 Å². The van der Waals surface area contributed by atoms with Gasteiger partial charge in [-0.15, -0.1) is 0 Å². The molecule has 1 amide bonds. The molecule has 0 aliphatic heterocycles. The minimum Gasteiger partial charge on any atom is -0.382 e. The minimum absolute atomic E-state index is 0.101. The summed E-state index contributed by atoms with van der Waals surface area (Å²) in [6.45, 7) is 2.13. The van der Waals surface area contributed by atoms with Gasteiger partial charge in [-0.25, -0.2) is 4.98 Å². The van der Waals surface area contributed by atoms with Gasteiger partial charge in [0.2, 0.25) is 0 Å². The number of carbonyl (C=O) groups is 1. The standard InChI is InChI=1S/C10H14ClN3O2S/c1-6(17(2)16)4-14-10(15)7-3-8(11)9(12)13-5-7/h3,5-6H,4H2,1-2H3,(H2,12,13)(H,14,15). The highest BCUT2D eigenvalue weighted by Crippen LogP contribution is 2.16. The molecule has 0 saturated carbocycles. The number of nitrogens with zero attached hydrogens (tertiary/aromatic N) is 1. The van der Waals surface area contributed by atoms with E-state index in [0.717, 1.165) is 0 Å². The van der Waals surface area contributed by atoms with Crippen LogP contribution in [-0.4, -0.2) is 33.2 Å². The topological polar surface area (TPSA) is 85.1 Å². The third-order valence-electron chi connectivity index (χ3n) is 2.25. The van der Waals surface area contributed by atoms with E-state index in [1.807, 2.05) is 0 Å². The molecule has 17 heavy (non-hydrogen) atoms. The summed E-state index contributed by atoms with van der Waals surface area (Å²) < 4.78 is 11.1. The van der Waals surface area contributed by atoms with E-state index in [1.54, 1.807) is 13.2 Å². The van der Waals surface area contributed by atoms with Gasteiger partial charge >= 0.3 is 0 Å². The normalized spacial score (nSPS) is 14.1. The predicted octanol–water partition coefficient (Wildman–Crippen LogP) is 0.814. The van der Waals surface area contributed by atoms with Gasteiger partial charge in [-0.3, -0.25) is 9.00 Å². The zero-order chi connectivity index (χ0) is 13.0. The molecule has 0 spiro atoms. The van der Waals surface area contributed by atoms with Gasteiger partial charge in [-0.05, 0) is 13.0 Å². The van der Waals surface area contributed by atoms with E-state index >= 15 is 0 Å². The lowest BCUT2D eigenvalue weighted by Crippen LogP contribution is -2.32. The van der Waals surface area contributed by atoms with Crippen LogP contribution in [0.3, 0.4) is 0 Å². The second-order valence-electron chi connectivity index (χ2n) is 3.61. The number of rotatable bonds is 4. The molecule has 1 rings (SSSR count). The number of hydrogen-bond acceptors (Lipinski definition) is 4. The van der Waals surface area contributed by atoms with Crippen LogP contribution >= 0.6 is 11.6 Å². The molecule has 0 saturated heterocycles. The van der Waals surface area contributed by atoms with Gasteiger partial charge in [0.1, 0.15) is 5.82 Å². The Kier molecular flexibility index (Phi) is 4.89. The first-order chi connectivity index (χ1) is 7.91. The molecule has 2 atom stereocenters. The highest BCUT2D eigenvalue weighted by atomic mass is 35.5. The van der Waals surface area contributed by atoms with E-state index in [1.165, 1.54) is 12.3 Å². The van der Waals surface area contributed by atoms with Gasteiger partial charge in [0.25, 0.3) is 5.91 Å². The number of nitrogen functional groups attached to an aromatic ring is 1. The average Bonchev–Trinajstić information content (AvgIpc) is 2.28. The quantitative estimate of drug-likeness (QED) is 0.852. The van der Waals surface area contributed by atoms with Gasteiger partial charge in [-0.1, -0.05) is 11.6 Å². The second-order valence-corrected chi connectivity index (χ2v) is 5.82. The number of hydrogen-bond donors (Lipinski definition) is 2. The zero-order valence-electron chi connectivity index (χ0n) is 9.57. The molecule has 0 aliphatic carbocycles. The Morgan fingerprint density at radius 2 is 2.35 bits per heavy atom. The lowest BCUT2D eigenvalue weighted by atomic mass is 10.2. The van der Waals surface area contributed by atoms with E-state index in [2.05, 4.69) is 10.3 Å². The van der Waals surface area contributed by atoms with Gasteiger partial charge in [0.15, 0.2) is 0 Å². The number of halogens is 1. The Balaban J connectivity index is 2.64. The zero-order valence-corrected chi connectivity index (χ0v) is 11.1. The van der Waals surface area contributed by atoms with E-state index < -0.39 is 10.8 Å². The minimum atomic E-state index is -0.968. The smallest absolute Gasteiger partial charge is 0.252 e. The van der Waals surface area contributed by atoms with Crippen LogP contribution in [0.15, 0.2) is 12.3 Å². The summed E-state index contributed by atoms with van der Waals surface area (Å²) in [5.74, 6) is -0.122. The maximum Gasteiger partial charge on any atom is 0.252 e. The number of amides is 1. The van der Waals surface area contributed by atoms with Crippen molar-refractivity contribution in [2.75, 3.05) is 18.5 Å². The molecule has 0 aromatic carbocycles. The lowest BCUT2D eigenvalue weighted by molar-refractivity contribution is 0.0954. The van der Waals surface area contributed by atoms with Gasteiger partial charge in [0, 0.05) is 35.0 Å². The third kappa shape index (κ3) is 3.98. The number of pyridine rings is 1. The molecule has 94 valence electrons. The average molecular weight is 276 g/mol. The number of carbonyl (C=O) groups excluding carboxylic acids is 1. The Morgan fingerprint density at radius 3 is 2.88 bits per heavy atom. The lowest BCUT2D eigenvalue weighted by Gasteiger charge is -2.10. The summed E-state index contributed by atoms with van der Waals surface area (Å²) in [5.41, 5.74) is 5.77. The summed E-state index contributed by atoms with van der Waals surface area (Å²) in [4.78, 5) is 15.5. The van der Waals surface area contributed by atoms with Crippen molar-refractivity contribution in [3.63, 3.8) is 0 Å². The van der Waals surface area contributed by atoms with Crippen molar-refractivity contribution >= 4 is 34.1 Å². The molecule has 5 nitrogen and oxygen atoms in total. The van der Waals surface area contributed by atoms with Crippen molar-refractivity contribution in [2.45, 2.75) is 12.2 Å². The Labute approximate surface area is 107 Å². The molecular weight excluding hydrogens is 262 g/mol. The summed E-state index contributed by atoms with van der Waals surface area (Å²) in [6.07, 6.45) is 2.95. The first-order valence-corrected chi connectivity index (χ1v) is 6.93. The Bertz CT molecular complexity index is 453. The fraction of sp³-hybridized carbons (Fsp3) is 0.400. The summed E-state index contributed by atoms with van der Waals surface area (Å²) in [7, 11) is -0.968. The maximum atomic E-state index is 11.7. The van der Waals surface area contributed by atoms with Gasteiger partial charge < -0.3 is 11.1 Å². The molecule has 0 aliphatic rings. The highest BCUT2D eigenvalue weighted by molar-refractivity contribution is 7.84. The molecule has 1 aromatic heterocycles. The van der Waals surface area contributed by atoms with Crippen molar-refractivity contribution in [1.29, 1.82) is 0 Å². The molecule has 0 fully saturated rings. The van der Waals surface area contributed by atoms with Crippen LogP contribution in [0, 0.1) is 0 Å². The largest absolute Gasteiger partial charge is 0.382 e. The molecule has 2 unspecified atom stereocenters. The number of nitrogens with one attached hydrogen (secondary N) is 1. The summed E-state index contributed by atoms with van der Waals surface area (Å²) in [6, 6.07) is 1.45. The van der Waals surface area contributed by atoms with Crippen LogP contribution in [0.5, 0.6) is 0 Å². The SMILES string of the molecule is CC(CNC(=O)c1cnc(N)c(Cl)c1)S(C)=O. The van der Waals surface area contributed by atoms with Crippen LogP contribution in [0.25, 0.3) is 0 Å². The van der Waals surface area contributed by atoms with Crippen LogP contribution in [0.1, 0.15) is 17.3 Å². The van der Waals surface area contributed by atoms with Gasteiger partial charge in [-0.2, -0.15) is 0 Å². The summed E-state index contributed by atoms with van der Waals surface area (Å²) in [5, 5.41) is 2.80. The maximum absolute atomic E-state index is 11.7. The third-order valence-corrected chi connectivity index (χ3v) is 3.85. The number of anilines is 1. The van der Waals surface area contributed by atoms with Crippen molar-refractivity contribution < 1.29 is 9.00 Å². The van der Waals surface area contributed by atoms with Crippen LogP contribution in [-0.2, 0) is 10.8 Å².